The average Bonchev–Trinajstić information content (AvgIpc) is 2.26. The third-order valence-corrected chi connectivity index (χ3v) is 4.04. The number of thioether (sulfide) groups is 1. The van der Waals surface area contributed by atoms with E-state index in [9.17, 15) is 9.59 Å². The van der Waals surface area contributed by atoms with Gasteiger partial charge in [0.2, 0.25) is 0 Å². The van der Waals surface area contributed by atoms with Crippen molar-refractivity contribution in [3.63, 3.8) is 0 Å². The van der Waals surface area contributed by atoms with E-state index < -0.39 is 10.8 Å². The van der Waals surface area contributed by atoms with Crippen LogP contribution < -0.4 is 0 Å². The summed E-state index contributed by atoms with van der Waals surface area (Å²) >= 11 is 4.56. The SMILES string of the molecule is CSc1cccc(C(Br)C(C)=O)c1C(=O)O. The van der Waals surface area contributed by atoms with E-state index in [2.05, 4.69) is 15.9 Å². The fraction of sp³-hybridized carbons (Fsp3) is 0.273. The van der Waals surface area contributed by atoms with Crippen LogP contribution in [0.15, 0.2) is 23.1 Å². The molecule has 1 unspecified atom stereocenters. The van der Waals surface area contributed by atoms with E-state index in [1.165, 1.54) is 18.7 Å². The summed E-state index contributed by atoms with van der Waals surface area (Å²) in [6, 6.07) is 5.15. The van der Waals surface area contributed by atoms with E-state index in [-0.39, 0.29) is 11.3 Å². The molecule has 0 radical (unpaired) electrons. The third-order valence-electron chi connectivity index (χ3n) is 2.12. The summed E-state index contributed by atoms with van der Waals surface area (Å²) in [6.07, 6.45) is 1.81. The highest BCUT2D eigenvalue weighted by Gasteiger charge is 2.22. The summed E-state index contributed by atoms with van der Waals surface area (Å²) in [5.74, 6) is -1.12. The Morgan fingerprint density at radius 2 is 2.06 bits per heavy atom. The van der Waals surface area contributed by atoms with Gasteiger partial charge in [0.05, 0.1) is 10.4 Å². The van der Waals surface area contributed by atoms with Gasteiger partial charge in [0.15, 0.2) is 0 Å². The number of carbonyl (C=O) groups is 2. The number of alkyl halides is 1. The Morgan fingerprint density at radius 3 is 2.50 bits per heavy atom. The summed E-state index contributed by atoms with van der Waals surface area (Å²) in [6.45, 7) is 1.43. The molecule has 3 nitrogen and oxygen atoms in total. The van der Waals surface area contributed by atoms with Gasteiger partial charge in [0.1, 0.15) is 5.78 Å². The van der Waals surface area contributed by atoms with E-state index in [4.69, 9.17) is 5.11 Å². The van der Waals surface area contributed by atoms with Gasteiger partial charge < -0.3 is 5.11 Å². The van der Waals surface area contributed by atoms with Gasteiger partial charge in [0, 0.05) is 4.90 Å². The number of carboxylic acids is 1. The van der Waals surface area contributed by atoms with Gasteiger partial charge in [-0.15, -0.1) is 11.8 Å². The van der Waals surface area contributed by atoms with E-state index in [0.29, 0.717) is 10.5 Å². The maximum atomic E-state index is 11.3. The number of rotatable bonds is 4. The van der Waals surface area contributed by atoms with E-state index >= 15 is 0 Å². The van der Waals surface area contributed by atoms with Crippen molar-refractivity contribution in [1.29, 1.82) is 0 Å². The molecule has 0 bridgehead atoms. The summed E-state index contributed by atoms with van der Waals surface area (Å²) in [7, 11) is 0. The Balaban J connectivity index is 3.38. The number of ketones is 1. The molecule has 0 aliphatic heterocycles. The third kappa shape index (κ3) is 2.65. The van der Waals surface area contributed by atoms with Crippen molar-refractivity contribution in [2.24, 2.45) is 0 Å². The lowest BCUT2D eigenvalue weighted by atomic mass is 10.0. The Hall–Kier alpha value is -0.810. The largest absolute Gasteiger partial charge is 0.478 e. The van der Waals surface area contributed by atoms with E-state index in [1.807, 2.05) is 6.26 Å². The molecule has 0 saturated heterocycles. The van der Waals surface area contributed by atoms with Crippen molar-refractivity contribution in [2.45, 2.75) is 16.6 Å². The van der Waals surface area contributed by atoms with Crippen molar-refractivity contribution in [2.75, 3.05) is 6.26 Å². The van der Waals surface area contributed by atoms with Crippen LogP contribution in [0.3, 0.4) is 0 Å². The molecule has 0 aliphatic carbocycles. The number of carbonyl (C=O) groups excluding carboxylic acids is 1. The molecule has 0 fully saturated rings. The molecule has 5 heteroatoms. The standard InChI is InChI=1S/C11H11BrO3S/c1-6(13)10(12)7-4-3-5-8(16-2)9(7)11(14)15/h3-5,10H,1-2H3,(H,14,15). The summed E-state index contributed by atoms with van der Waals surface area (Å²) in [5.41, 5.74) is 0.707. The predicted octanol–water partition coefficient (Wildman–Crippen LogP) is 3.13. The molecule has 16 heavy (non-hydrogen) atoms. The van der Waals surface area contributed by atoms with Crippen LogP contribution >= 0.6 is 27.7 Å². The molecule has 0 heterocycles. The molecule has 86 valence electrons. The molecule has 0 spiro atoms. The zero-order valence-corrected chi connectivity index (χ0v) is 11.3. The first kappa shape index (κ1) is 13.3. The van der Waals surface area contributed by atoms with Gasteiger partial charge in [-0.05, 0) is 24.8 Å². The van der Waals surface area contributed by atoms with Crippen LogP contribution in [-0.2, 0) is 4.79 Å². The van der Waals surface area contributed by atoms with Gasteiger partial charge in [0.25, 0.3) is 0 Å². The lowest BCUT2D eigenvalue weighted by molar-refractivity contribution is -0.116. The van der Waals surface area contributed by atoms with Crippen molar-refractivity contribution in [1.82, 2.24) is 0 Å². The molecule has 1 atom stereocenters. The Bertz CT molecular complexity index is 431. The first-order chi connectivity index (χ1) is 7.49. The van der Waals surface area contributed by atoms with Crippen LogP contribution in [0.4, 0.5) is 0 Å². The molecule has 0 aromatic heterocycles. The smallest absolute Gasteiger partial charge is 0.337 e. The van der Waals surface area contributed by atoms with E-state index in [0.717, 1.165) is 0 Å². The fourth-order valence-electron chi connectivity index (χ4n) is 1.38. The number of hydrogen-bond acceptors (Lipinski definition) is 3. The molecular weight excluding hydrogens is 292 g/mol. The van der Waals surface area contributed by atoms with Crippen LogP contribution in [-0.4, -0.2) is 23.1 Å². The van der Waals surface area contributed by atoms with Crippen molar-refractivity contribution in [3.8, 4) is 0 Å². The second-order valence-corrected chi connectivity index (χ2v) is 4.97. The van der Waals surface area contributed by atoms with Crippen LogP contribution in [0, 0.1) is 0 Å². The number of Topliss-reactive ketones (excluding diaryl/α,β-unsaturated/α-hetero) is 1. The molecule has 0 aliphatic rings. The number of hydrogen-bond donors (Lipinski definition) is 1. The number of benzene rings is 1. The van der Waals surface area contributed by atoms with Crippen LogP contribution in [0.5, 0.6) is 0 Å². The highest BCUT2D eigenvalue weighted by Crippen LogP contribution is 2.32. The lowest BCUT2D eigenvalue weighted by Gasteiger charge is -2.12. The minimum atomic E-state index is -1.01. The highest BCUT2D eigenvalue weighted by molar-refractivity contribution is 9.09. The van der Waals surface area contributed by atoms with E-state index in [1.54, 1.807) is 18.2 Å². The van der Waals surface area contributed by atoms with Crippen LogP contribution in [0.25, 0.3) is 0 Å². The maximum Gasteiger partial charge on any atom is 0.337 e. The molecule has 0 amide bonds. The molecule has 1 rings (SSSR count). The molecular formula is C11H11BrO3S. The summed E-state index contributed by atoms with van der Waals surface area (Å²) < 4.78 is 0. The fourth-order valence-corrected chi connectivity index (χ4v) is 2.38. The minimum Gasteiger partial charge on any atom is -0.478 e. The zero-order chi connectivity index (χ0) is 12.3. The van der Waals surface area contributed by atoms with Gasteiger partial charge in [-0.3, -0.25) is 4.79 Å². The molecule has 1 N–H and O–H groups in total. The monoisotopic (exact) mass is 302 g/mol. The Morgan fingerprint density at radius 1 is 1.44 bits per heavy atom. The zero-order valence-electron chi connectivity index (χ0n) is 8.86. The number of aromatic carboxylic acids is 1. The topological polar surface area (TPSA) is 54.4 Å². The highest BCUT2D eigenvalue weighted by atomic mass is 79.9. The average molecular weight is 303 g/mol. The number of carboxylic acid groups (broad SMARTS) is 1. The molecule has 1 aromatic carbocycles. The second-order valence-electron chi connectivity index (χ2n) is 3.20. The lowest BCUT2D eigenvalue weighted by Crippen LogP contribution is -2.10. The normalized spacial score (nSPS) is 12.2. The van der Waals surface area contributed by atoms with Gasteiger partial charge in [-0.2, -0.15) is 0 Å². The Labute approximate surface area is 106 Å². The summed E-state index contributed by atoms with van der Waals surface area (Å²) in [5, 5.41) is 9.16. The van der Waals surface area contributed by atoms with Gasteiger partial charge >= 0.3 is 5.97 Å². The maximum absolute atomic E-state index is 11.3. The first-order valence-corrected chi connectivity index (χ1v) is 6.67. The van der Waals surface area contributed by atoms with Crippen molar-refractivity contribution in [3.05, 3.63) is 29.3 Å². The van der Waals surface area contributed by atoms with Crippen molar-refractivity contribution >= 4 is 39.4 Å². The second kappa shape index (κ2) is 5.50. The van der Waals surface area contributed by atoms with Crippen molar-refractivity contribution < 1.29 is 14.7 Å². The predicted molar refractivity (Wildman–Crippen MR) is 67.5 cm³/mol. The number of halogens is 1. The minimum absolute atomic E-state index is 0.110. The molecule has 1 aromatic rings. The van der Waals surface area contributed by atoms with Crippen LogP contribution in [0.1, 0.15) is 27.7 Å². The van der Waals surface area contributed by atoms with Gasteiger partial charge in [-0.25, -0.2) is 4.79 Å². The first-order valence-electron chi connectivity index (χ1n) is 4.53. The summed E-state index contributed by atoms with van der Waals surface area (Å²) in [4.78, 5) is 22.6. The quantitative estimate of drug-likeness (QED) is 0.686. The van der Waals surface area contributed by atoms with Gasteiger partial charge in [-0.1, -0.05) is 28.1 Å². The molecule has 0 saturated carbocycles. The van der Waals surface area contributed by atoms with Crippen LogP contribution in [0.2, 0.25) is 0 Å². The Kier molecular flexibility index (Phi) is 4.56.